The fourth-order valence-electron chi connectivity index (χ4n) is 1.20. The van der Waals surface area contributed by atoms with Gasteiger partial charge in [-0.05, 0) is 25.0 Å². The number of ether oxygens (including phenoxy) is 1. The second-order valence-corrected chi connectivity index (χ2v) is 3.70. The summed E-state index contributed by atoms with van der Waals surface area (Å²) in [5.41, 5.74) is 2.65. The Hall–Kier alpha value is -2.24. The SMILES string of the molecule is COC(=O)CN(C=O)/C=N\c1cncc(C)c1C. The number of methoxy groups -OCH3 is 1. The molecule has 0 fully saturated rings. The van der Waals surface area contributed by atoms with Crippen molar-refractivity contribution in [1.29, 1.82) is 0 Å². The van der Waals surface area contributed by atoms with Crippen LogP contribution in [0.25, 0.3) is 0 Å². The maximum atomic E-state index is 11.0. The van der Waals surface area contributed by atoms with E-state index in [9.17, 15) is 9.59 Å². The van der Waals surface area contributed by atoms with E-state index in [4.69, 9.17) is 0 Å². The summed E-state index contributed by atoms with van der Waals surface area (Å²) < 4.78 is 4.46. The number of rotatable bonds is 5. The van der Waals surface area contributed by atoms with E-state index in [1.165, 1.54) is 13.4 Å². The third-order valence-corrected chi connectivity index (χ3v) is 2.46. The van der Waals surface area contributed by atoms with Crippen LogP contribution in [0.15, 0.2) is 17.4 Å². The Bertz CT molecular complexity index is 472. The van der Waals surface area contributed by atoms with Crippen molar-refractivity contribution in [3.05, 3.63) is 23.5 Å². The Balaban J connectivity index is 2.80. The molecular weight excluding hydrogens is 234 g/mol. The standard InChI is InChI=1S/C12H15N3O3/c1-9-4-13-5-11(10(9)2)14-7-15(8-16)6-12(17)18-3/h4-5,7-8H,6H2,1-3H3/b14-7-. The van der Waals surface area contributed by atoms with E-state index in [-0.39, 0.29) is 6.54 Å². The third-order valence-electron chi connectivity index (χ3n) is 2.46. The van der Waals surface area contributed by atoms with Gasteiger partial charge in [-0.1, -0.05) is 0 Å². The summed E-state index contributed by atoms with van der Waals surface area (Å²) in [5.74, 6) is -0.507. The largest absolute Gasteiger partial charge is 0.468 e. The fraction of sp³-hybridized carbons (Fsp3) is 0.333. The normalized spacial score (nSPS) is 10.4. The van der Waals surface area contributed by atoms with Crippen LogP contribution < -0.4 is 0 Å². The average Bonchev–Trinajstić information content (AvgIpc) is 2.38. The molecule has 18 heavy (non-hydrogen) atoms. The van der Waals surface area contributed by atoms with Crippen molar-refractivity contribution in [3.8, 4) is 0 Å². The Labute approximate surface area is 105 Å². The smallest absolute Gasteiger partial charge is 0.325 e. The molecule has 0 aliphatic carbocycles. The molecule has 1 aromatic heterocycles. The van der Waals surface area contributed by atoms with Gasteiger partial charge in [0.15, 0.2) is 0 Å². The number of aromatic nitrogens is 1. The first-order valence-electron chi connectivity index (χ1n) is 5.31. The van der Waals surface area contributed by atoms with Gasteiger partial charge in [-0.2, -0.15) is 0 Å². The highest BCUT2D eigenvalue weighted by atomic mass is 16.5. The molecule has 0 radical (unpaired) electrons. The Morgan fingerprint density at radius 2 is 2.22 bits per heavy atom. The number of esters is 1. The van der Waals surface area contributed by atoms with Gasteiger partial charge in [0.1, 0.15) is 6.54 Å². The van der Waals surface area contributed by atoms with E-state index in [1.54, 1.807) is 12.4 Å². The van der Waals surface area contributed by atoms with Gasteiger partial charge in [0.2, 0.25) is 6.41 Å². The molecule has 0 atom stereocenters. The lowest BCUT2D eigenvalue weighted by molar-refractivity contribution is -0.142. The van der Waals surface area contributed by atoms with Crippen molar-refractivity contribution in [1.82, 2.24) is 9.88 Å². The Kier molecular flexibility index (Phi) is 4.98. The second kappa shape index (κ2) is 6.48. The van der Waals surface area contributed by atoms with Crippen molar-refractivity contribution in [2.45, 2.75) is 13.8 Å². The molecule has 1 amide bonds. The van der Waals surface area contributed by atoms with E-state index in [0.717, 1.165) is 16.0 Å². The van der Waals surface area contributed by atoms with Crippen LogP contribution in [0.5, 0.6) is 0 Å². The monoisotopic (exact) mass is 249 g/mol. The van der Waals surface area contributed by atoms with Crippen molar-refractivity contribution < 1.29 is 14.3 Å². The molecule has 6 heteroatoms. The molecule has 96 valence electrons. The summed E-state index contributed by atoms with van der Waals surface area (Å²) >= 11 is 0. The summed E-state index contributed by atoms with van der Waals surface area (Å²) in [6, 6.07) is 0. The lowest BCUT2D eigenvalue weighted by atomic mass is 10.1. The van der Waals surface area contributed by atoms with E-state index in [0.29, 0.717) is 12.1 Å². The number of hydrogen-bond acceptors (Lipinski definition) is 5. The third kappa shape index (κ3) is 3.65. The predicted molar refractivity (Wildman–Crippen MR) is 66.6 cm³/mol. The van der Waals surface area contributed by atoms with Crippen LogP contribution in [-0.4, -0.2) is 42.3 Å². The molecule has 0 aliphatic heterocycles. The van der Waals surface area contributed by atoms with E-state index >= 15 is 0 Å². The van der Waals surface area contributed by atoms with E-state index < -0.39 is 5.97 Å². The van der Waals surface area contributed by atoms with Gasteiger partial charge < -0.3 is 4.74 Å². The van der Waals surface area contributed by atoms with Gasteiger partial charge in [0.05, 0.1) is 25.3 Å². The van der Waals surface area contributed by atoms with Crippen LogP contribution in [0.1, 0.15) is 11.1 Å². The molecule has 0 aliphatic rings. The molecule has 0 bridgehead atoms. The number of pyridine rings is 1. The highest BCUT2D eigenvalue weighted by Crippen LogP contribution is 2.18. The number of aliphatic imine (C=N–C) groups is 1. The molecule has 0 aromatic carbocycles. The maximum Gasteiger partial charge on any atom is 0.325 e. The van der Waals surface area contributed by atoms with E-state index in [2.05, 4.69) is 14.7 Å². The zero-order chi connectivity index (χ0) is 13.5. The molecular formula is C12H15N3O3. The number of carbonyl (C=O) groups excluding carboxylic acids is 2. The van der Waals surface area contributed by atoms with E-state index in [1.807, 2.05) is 13.8 Å². The summed E-state index contributed by atoms with van der Waals surface area (Å²) in [4.78, 5) is 31.0. The van der Waals surface area contributed by atoms with Crippen LogP contribution in [0.4, 0.5) is 5.69 Å². The number of aryl methyl sites for hydroxylation is 1. The Morgan fingerprint density at radius 3 is 2.83 bits per heavy atom. The van der Waals surface area contributed by atoms with Crippen molar-refractivity contribution in [2.24, 2.45) is 4.99 Å². The first-order valence-corrected chi connectivity index (χ1v) is 5.31. The number of hydrogen-bond donors (Lipinski definition) is 0. The van der Waals surface area contributed by atoms with Gasteiger partial charge in [-0.25, -0.2) is 4.99 Å². The molecule has 1 heterocycles. The van der Waals surface area contributed by atoms with Gasteiger partial charge in [-0.3, -0.25) is 19.5 Å². The first kappa shape index (κ1) is 13.8. The summed E-state index contributed by atoms with van der Waals surface area (Å²) in [7, 11) is 1.26. The summed E-state index contributed by atoms with van der Waals surface area (Å²) in [6.07, 6.45) is 5.13. The molecule has 1 aromatic rings. The molecule has 0 N–H and O–H groups in total. The van der Waals surface area contributed by atoms with Gasteiger partial charge in [0.25, 0.3) is 0 Å². The maximum absolute atomic E-state index is 11.0. The number of carbonyl (C=O) groups is 2. The highest BCUT2D eigenvalue weighted by Gasteiger charge is 2.06. The lowest BCUT2D eigenvalue weighted by Gasteiger charge is -2.09. The van der Waals surface area contributed by atoms with Crippen molar-refractivity contribution in [3.63, 3.8) is 0 Å². The molecule has 0 unspecified atom stereocenters. The summed E-state index contributed by atoms with van der Waals surface area (Å²) in [5, 5.41) is 0. The highest BCUT2D eigenvalue weighted by molar-refractivity contribution is 5.82. The van der Waals surface area contributed by atoms with Crippen LogP contribution >= 0.6 is 0 Å². The predicted octanol–water partition coefficient (Wildman–Crippen LogP) is 0.990. The summed E-state index contributed by atoms with van der Waals surface area (Å²) in [6.45, 7) is 3.67. The van der Waals surface area contributed by atoms with Crippen LogP contribution in [0.3, 0.4) is 0 Å². The molecule has 0 saturated carbocycles. The second-order valence-electron chi connectivity index (χ2n) is 3.70. The molecule has 6 nitrogen and oxygen atoms in total. The van der Waals surface area contributed by atoms with Crippen LogP contribution in [-0.2, 0) is 14.3 Å². The molecule has 0 saturated heterocycles. The van der Waals surface area contributed by atoms with Crippen LogP contribution in [0.2, 0.25) is 0 Å². The topological polar surface area (TPSA) is 71.9 Å². The molecule has 0 spiro atoms. The minimum Gasteiger partial charge on any atom is -0.468 e. The zero-order valence-electron chi connectivity index (χ0n) is 10.6. The number of amides is 1. The van der Waals surface area contributed by atoms with Crippen molar-refractivity contribution in [2.75, 3.05) is 13.7 Å². The number of nitrogens with zero attached hydrogens (tertiary/aromatic N) is 3. The van der Waals surface area contributed by atoms with Gasteiger partial charge in [-0.15, -0.1) is 0 Å². The van der Waals surface area contributed by atoms with Crippen LogP contribution in [0, 0.1) is 13.8 Å². The Morgan fingerprint density at radius 1 is 1.50 bits per heavy atom. The zero-order valence-corrected chi connectivity index (χ0v) is 10.6. The minimum atomic E-state index is -0.507. The average molecular weight is 249 g/mol. The minimum absolute atomic E-state index is 0.165. The fourth-order valence-corrected chi connectivity index (χ4v) is 1.20. The molecule has 1 rings (SSSR count). The first-order chi connectivity index (χ1) is 8.58. The lowest BCUT2D eigenvalue weighted by Crippen LogP contribution is -2.27. The van der Waals surface area contributed by atoms with Crippen molar-refractivity contribution >= 4 is 24.4 Å². The quantitative estimate of drug-likeness (QED) is 0.337. The van der Waals surface area contributed by atoms with Gasteiger partial charge >= 0.3 is 5.97 Å². The van der Waals surface area contributed by atoms with Gasteiger partial charge in [0, 0.05) is 6.20 Å².